The van der Waals surface area contributed by atoms with Gasteiger partial charge in [0.25, 0.3) is 0 Å². The Labute approximate surface area is 74.6 Å². The first kappa shape index (κ1) is 11.2. The lowest BCUT2D eigenvalue weighted by Gasteiger charge is -2.06. The first-order chi connectivity index (χ1) is 5.81. The van der Waals surface area contributed by atoms with Gasteiger partial charge in [-0.1, -0.05) is 12.5 Å². The Hall–Kier alpha value is -0.790. The van der Waals surface area contributed by atoms with Gasteiger partial charge in [-0.15, -0.1) is 6.58 Å². The number of hydrogen-bond acceptors (Lipinski definition) is 2. The van der Waals surface area contributed by atoms with E-state index in [-0.39, 0.29) is 6.10 Å². The van der Waals surface area contributed by atoms with Crippen LogP contribution in [0.2, 0.25) is 0 Å². The Morgan fingerprint density at radius 3 is 2.83 bits per heavy atom. The van der Waals surface area contributed by atoms with Crippen LogP contribution >= 0.6 is 0 Å². The summed E-state index contributed by atoms with van der Waals surface area (Å²) in [5.74, 6) is 0. The van der Waals surface area contributed by atoms with Gasteiger partial charge in [0.05, 0.1) is 6.10 Å². The quantitative estimate of drug-likeness (QED) is 0.412. The van der Waals surface area contributed by atoms with Gasteiger partial charge in [-0.05, 0) is 32.6 Å². The van der Waals surface area contributed by atoms with Gasteiger partial charge in [0, 0.05) is 0 Å². The molecule has 0 aromatic heterocycles. The largest absolute Gasteiger partial charge is 0.454 e. The molecule has 0 N–H and O–H groups in total. The highest BCUT2D eigenvalue weighted by Gasteiger charge is 2.00. The number of allylic oxidation sites excluding steroid dienone is 1. The smallest absolute Gasteiger partial charge is 0.417 e. The third-order valence-electron chi connectivity index (χ3n) is 1.77. The molecule has 1 radical (unpaired) electrons. The zero-order valence-corrected chi connectivity index (χ0v) is 7.71. The van der Waals surface area contributed by atoms with E-state index < -0.39 is 0 Å². The zero-order valence-electron chi connectivity index (χ0n) is 7.71. The van der Waals surface area contributed by atoms with Crippen LogP contribution in [0.5, 0.6) is 0 Å². The minimum atomic E-state index is 0.0197. The lowest BCUT2D eigenvalue weighted by Crippen LogP contribution is -2.05. The summed E-state index contributed by atoms with van der Waals surface area (Å²) in [6, 6.07) is 0. The van der Waals surface area contributed by atoms with Gasteiger partial charge in [0.15, 0.2) is 0 Å². The van der Waals surface area contributed by atoms with Crippen molar-refractivity contribution in [2.24, 2.45) is 0 Å². The fraction of sp³-hybridized carbons (Fsp3) is 0.700. The maximum Gasteiger partial charge on any atom is 0.417 e. The second kappa shape index (κ2) is 8.31. The summed E-state index contributed by atoms with van der Waals surface area (Å²) in [6.07, 6.45) is 7.43. The summed E-state index contributed by atoms with van der Waals surface area (Å²) in [6.45, 7) is 6.99. The van der Waals surface area contributed by atoms with Gasteiger partial charge < -0.3 is 4.74 Å². The normalized spacial score (nSPS) is 12.1. The summed E-state index contributed by atoms with van der Waals surface area (Å²) in [5, 5.41) is 0. The molecule has 0 heterocycles. The SMILES string of the molecule is C=CCCCCCC(C)O[C]=O. The van der Waals surface area contributed by atoms with Crippen molar-refractivity contribution in [3.05, 3.63) is 12.7 Å². The summed E-state index contributed by atoms with van der Waals surface area (Å²) in [5.41, 5.74) is 0. The molecule has 12 heavy (non-hydrogen) atoms. The first-order valence-corrected chi connectivity index (χ1v) is 4.45. The van der Waals surface area contributed by atoms with Crippen LogP contribution in [0.4, 0.5) is 0 Å². The molecule has 2 heteroatoms. The molecule has 0 bridgehead atoms. The molecule has 0 aromatic carbocycles. The molecule has 1 unspecified atom stereocenters. The Morgan fingerprint density at radius 2 is 2.25 bits per heavy atom. The van der Waals surface area contributed by atoms with Crippen LogP contribution in [0.3, 0.4) is 0 Å². The van der Waals surface area contributed by atoms with Crippen LogP contribution in [0.15, 0.2) is 12.7 Å². The topological polar surface area (TPSA) is 26.3 Å². The minimum absolute atomic E-state index is 0.0197. The molecule has 0 aliphatic rings. The lowest BCUT2D eigenvalue weighted by atomic mass is 10.1. The Bertz CT molecular complexity index is 121. The lowest BCUT2D eigenvalue weighted by molar-refractivity contribution is 0.181. The molecular formula is C10H17O2. The summed E-state index contributed by atoms with van der Waals surface area (Å²) in [7, 11) is 0. The molecule has 0 saturated carbocycles. The van der Waals surface area contributed by atoms with E-state index in [4.69, 9.17) is 0 Å². The van der Waals surface area contributed by atoms with Crippen LogP contribution in [-0.2, 0) is 9.53 Å². The molecule has 0 aliphatic heterocycles. The van der Waals surface area contributed by atoms with E-state index in [1.54, 1.807) is 0 Å². The van der Waals surface area contributed by atoms with Crippen molar-refractivity contribution in [1.82, 2.24) is 0 Å². The van der Waals surface area contributed by atoms with E-state index in [1.807, 2.05) is 13.0 Å². The molecule has 0 rings (SSSR count). The fourth-order valence-electron chi connectivity index (χ4n) is 1.04. The van der Waals surface area contributed by atoms with Crippen LogP contribution in [0, 0.1) is 0 Å². The molecule has 1 atom stereocenters. The predicted molar refractivity (Wildman–Crippen MR) is 49.5 cm³/mol. The predicted octanol–water partition coefficient (Wildman–Crippen LogP) is 2.60. The summed E-state index contributed by atoms with van der Waals surface area (Å²) >= 11 is 0. The molecule has 0 aliphatic carbocycles. The number of carbonyl (C=O) groups excluding carboxylic acids is 1. The average Bonchev–Trinajstić information content (AvgIpc) is 2.05. The van der Waals surface area contributed by atoms with Gasteiger partial charge in [0.2, 0.25) is 0 Å². The highest BCUT2D eigenvalue weighted by molar-refractivity contribution is 5.38. The van der Waals surface area contributed by atoms with Crippen molar-refractivity contribution in [3.63, 3.8) is 0 Å². The highest BCUT2D eigenvalue weighted by atomic mass is 16.5. The molecule has 0 aromatic rings. The van der Waals surface area contributed by atoms with Crippen LogP contribution < -0.4 is 0 Å². The van der Waals surface area contributed by atoms with E-state index in [2.05, 4.69) is 11.3 Å². The van der Waals surface area contributed by atoms with Crippen LogP contribution in [-0.4, -0.2) is 12.6 Å². The Kier molecular flexibility index (Phi) is 7.76. The van der Waals surface area contributed by atoms with Gasteiger partial charge in [-0.2, -0.15) is 0 Å². The van der Waals surface area contributed by atoms with E-state index in [0.717, 1.165) is 19.3 Å². The van der Waals surface area contributed by atoms with E-state index >= 15 is 0 Å². The fourth-order valence-corrected chi connectivity index (χ4v) is 1.04. The highest BCUT2D eigenvalue weighted by Crippen LogP contribution is 2.07. The molecule has 0 amide bonds. The first-order valence-electron chi connectivity index (χ1n) is 4.45. The third-order valence-corrected chi connectivity index (χ3v) is 1.77. The molecule has 2 nitrogen and oxygen atoms in total. The van der Waals surface area contributed by atoms with Crippen molar-refractivity contribution < 1.29 is 9.53 Å². The molecule has 0 spiro atoms. The van der Waals surface area contributed by atoms with E-state index in [9.17, 15) is 4.79 Å². The van der Waals surface area contributed by atoms with Crippen LogP contribution in [0.1, 0.15) is 39.0 Å². The van der Waals surface area contributed by atoms with E-state index in [1.165, 1.54) is 19.3 Å². The van der Waals surface area contributed by atoms with Crippen molar-refractivity contribution in [1.29, 1.82) is 0 Å². The maximum atomic E-state index is 9.79. The van der Waals surface area contributed by atoms with Crippen LogP contribution in [0.25, 0.3) is 0 Å². The number of ether oxygens (including phenoxy) is 1. The number of rotatable bonds is 8. The van der Waals surface area contributed by atoms with Gasteiger partial charge in [-0.25, -0.2) is 4.79 Å². The molecule has 0 saturated heterocycles. The third kappa shape index (κ3) is 7.32. The van der Waals surface area contributed by atoms with Crippen molar-refractivity contribution in [3.8, 4) is 0 Å². The van der Waals surface area contributed by atoms with Crippen molar-refractivity contribution in [2.45, 2.75) is 45.1 Å². The average molecular weight is 169 g/mol. The van der Waals surface area contributed by atoms with Gasteiger partial charge in [0.1, 0.15) is 0 Å². The van der Waals surface area contributed by atoms with E-state index in [0.29, 0.717) is 0 Å². The van der Waals surface area contributed by atoms with Crippen molar-refractivity contribution in [2.75, 3.05) is 0 Å². The molecule has 69 valence electrons. The molecule has 0 fully saturated rings. The zero-order chi connectivity index (χ0) is 9.23. The maximum absolute atomic E-state index is 9.79. The van der Waals surface area contributed by atoms with Gasteiger partial charge in [-0.3, -0.25) is 0 Å². The second-order valence-electron chi connectivity index (χ2n) is 2.94. The molecular weight excluding hydrogens is 152 g/mol. The van der Waals surface area contributed by atoms with Crippen molar-refractivity contribution >= 4 is 6.47 Å². The number of hydrogen-bond donors (Lipinski definition) is 0. The Balaban J connectivity index is 3.07. The minimum Gasteiger partial charge on any atom is -0.454 e. The van der Waals surface area contributed by atoms with Gasteiger partial charge >= 0.3 is 6.47 Å². The monoisotopic (exact) mass is 169 g/mol. The summed E-state index contributed by atoms with van der Waals surface area (Å²) in [4.78, 5) is 9.79. The standard InChI is InChI=1S/C10H17O2/c1-3-4-5-6-7-8-10(2)12-9-11/h3,10H,1,4-8H2,2H3. The Morgan fingerprint density at radius 1 is 1.50 bits per heavy atom. The summed E-state index contributed by atoms with van der Waals surface area (Å²) < 4.78 is 4.62. The number of unbranched alkanes of at least 4 members (excludes halogenated alkanes) is 3. The second-order valence-corrected chi connectivity index (χ2v) is 2.94.